The second-order valence-corrected chi connectivity index (χ2v) is 5.92. The van der Waals surface area contributed by atoms with Gasteiger partial charge in [0.1, 0.15) is 0 Å². The van der Waals surface area contributed by atoms with E-state index < -0.39 is 30.8 Å². The Bertz CT molecular complexity index is 386. The third kappa shape index (κ3) is 2.35. The zero-order valence-corrected chi connectivity index (χ0v) is 8.66. The molecule has 1 aromatic rings. The molecular formula is C6H8AsNO6. The van der Waals surface area contributed by atoms with Crippen LogP contribution in [0, 0.1) is 5.21 Å². The van der Waals surface area contributed by atoms with Crippen LogP contribution >= 0.6 is 0 Å². The molecule has 0 aromatic heterocycles. The van der Waals surface area contributed by atoms with Gasteiger partial charge >= 0.3 is 80.8 Å². The van der Waals surface area contributed by atoms with Crippen molar-refractivity contribution in [3.63, 3.8) is 0 Å². The molecule has 0 aliphatic carbocycles. The average molecular weight is 265 g/mol. The Balaban J connectivity index is 3.27. The summed E-state index contributed by atoms with van der Waals surface area (Å²) in [6, 6.07) is 2.72. The molecule has 1 rings (SSSR count). The molecule has 7 nitrogen and oxygen atoms in total. The van der Waals surface area contributed by atoms with Gasteiger partial charge in [0.05, 0.1) is 0 Å². The Labute approximate surface area is 81.4 Å². The van der Waals surface area contributed by atoms with Crippen LogP contribution in [0.4, 0.5) is 5.69 Å². The van der Waals surface area contributed by atoms with Crippen LogP contribution in [0.2, 0.25) is 0 Å². The number of hydrogen-bond acceptors (Lipinski definition) is 4. The molecule has 14 heavy (non-hydrogen) atoms. The molecule has 1 aromatic carbocycles. The molecular weight excluding hydrogens is 257 g/mol. The van der Waals surface area contributed by atoms with E-state index in [4.69, 9.17) is 18.5 Å². The molecule has 8 heteroatoms. The summed E-state index contributed by atoms with van der Waals surface area (Å²) in [6.45, 7) is 0. The minimum absolute atomic E-state index is 0.377. The van der Waals surface area contributed by atoms with Gasteiger partial charge in [-0.2, -0.15) is 0 Å². The Kier molecular flexibility index (Phi) is 3.00. The fourth-order valence-corrected chi connectivity index (χ4v) is 2.06. The molecule has 78 valence electrons. The number of aromatic hydroxyl groups is 1. The zero-order chi connectivity index (χ0) is 10.9. The van der Waals surface area contributed by atoms with Gasteiger partial charge in [0.25, 0.3) is 0 Å². The number of benzene rings is 1. The minimum atomic E-state index is -5.09. The maximum absolute atomic E-state index is 10.8. The Morgan fingerprint density at radius 3 is 2.36 bits per heavy atom. The predicted octanol–water partition coefficient (Wildman–Crippen LogP) is -2.64. The summed E-state index contributed by atoms with van der Waals surface area (Å²) in [5.74, 6) is -0.523. The second-order valence-electron chi connectivity index (χ2n) is 2.55. The van der Waals surface area contributed by atoms with Crippen molar-refractivity contribution in [1.29, 1.82) is 0 Å². The van der Waals surface area contributed by atoms with Gasteiger partial charge in [-0.3, -0.25) is 0 Å². The van der Waals surface area contributed by atoms with Crippen LogP contribution in [-0.2, 0) is 3.74 Å². The molecule has 0 saturated heterocycles. The molecule has 5 N–H and O–H groups in total. The fraction of sp³-hybridized carbons (Fsp3) is 0. The van der Waals surface area contributed by atoms with Gasteiger partial charge in [-0.15, -0.1) is 0 Å². The maximum atomic E-state index is 10.8. The molecule has 0 saturated carbocycles. The van der Waals surface area contributed by atoms with Gasteiger partial charge < -0.3 is 0 Å². The van der Waals surface area contributed by atoms with Crippen molar-refractivity contribution < 1.29 is 27.5 Å². The Morgan fingerprint density at radius 2 is 1.93 bits per heavy atom. The van der Waals surface area contributed by atoms with Crippen molar-refractivity contribution in [3.8, 4) is 5.75 Å². The van der Waals surface area contributed by atoms with E-state index in [0.29, 0.717) is 0 Å². The van der Waals surface area contributed by atoms with E-state index in [1.807, 2.05) is 0 Å². The molecule has 0 fully saturated rings. The summed E-state index contributed by atoms with van der Waals surface area (Å²) in [4.78, 5) is 0. The SMILES string of the molecule is O=[As](O)(O)c1ccc(O)c([NH+]([O-])O)c1. The van der Waals surface area contributed by atoms with Crippen molar-refractivity contribution >= 4 is 24.2 Å². The summed E-state index contributed by atoms with van der Waals surface area (Å²) in [5.41, 5.74) is -0.521. The van der Waals surface area contributed by atoms with Crippen LogP contribution in [-0.4, -0.2) is 32.7 Å². The third-order valence-corrected chi connectivity index (χ3v) is 3.54. The van der Waals surface area contributed by atoms with E-state index in [2.05, 4.69) is 0 Å². The first-order chi connectivity index (χ1) is 6.32. The van der Waals surface area contributed by atoms with E-state index in [0.717, 1.165) is 18.2 Å². The van der Waals surface area contributed by atoms with Gasteiger partial charge in [0.15, 0.2) is 0 Å². The van der Waals surface area contributed by atoms with Crippen molar-refractivity contribution in [2.75, 3.05) is 0 Å². The molecule has 0 aliphatic heterocycles. The van der Waals surface area contributed by atoms with Gasteiger partial charge in [-0.1, -0.05) is 0 Å². The van der Waals surface area contributed by atoms with Crippen molar-refractivity contribution in [2.24, 2.45) is 0 Å². The zero-order valence-electron chi connectivity index (χ0n) is 6.78. The first-order valence-electron chi connectivity index (χ1n) is 3.45. The Morgan fingerprint density at radius 1 is 1.36 bits per heavy atom. The van der Waals surface area contributed by atoms with Crippen LogP contribution in [0.1, 0.15) is 0 Å². The van der Waals surface area contributed by atoms with Crippen LogP contribution in [0.3, 0.4) is 0 Å². The van der Waals surface area contributed by atoms with E-state index in [-0.39, 0.29) is 4.35 Å². The predicted molar refractivity (Wildman–Crippen MR) is 44.4 cm³/mol. The van der Waals surface area contributed by atoms with Crippen LogP contribution < -0.4 is 9.58 Å². The fourth-order valence-electron chi connectivity index (χ4n) is 0.877. The molecule has 0 bridgehead atoms. The summed E-state index contributed by atoms with van der Waals surface area (Å²) in [7, 11) is 0. The van der Waals surface area contributed by atoms with E-state index >= 15 is 0 Å². The summed E-state index contributed by atoms with van der Waals surface area (Å²) in [5, 5.41) is 26.7. The summed E-state index contributed by atoms with van der Waals surface area (Å²) in [6.07, 6.45) is 0. The Hall–Kier alpha value is -0.822. The van der Waals surface area contributed by atoms with Gasteiger partial charge in [0.2, 0.25) is 0 Å². The number of rotatable bonds is 2. The normalized spacial score (nSPS) is 14.0. The van der Waals surface area contributed by atoms with Crippen LogP contribution in [0.15, 0.2) is 18.2 Å². The quantitative estimate of drug-likeness (QED) is 0.226. The molecule has 0 aliphatic rings. The number of phenolic OH excluding ortho intramolecular Hbond substituents is 1. The topological polar surface area (TPSA) is 125 Å². The number of phenols is 1. The standard InChI is InChI=1S/C6H8AsNO6/c9-6-2-1-4(7(10,11)12)3-5(6)8(13)14/h1-3,8-9,13H,(H2,10,11,12). The summed E-state index contributed by atoms with van der Waals surface area (Å²) >= 11 is -5.09. The van der Waals surface area contributed by atoms with E-state index in [1.54, 1.807) is 0 Å². The molecule has 0 spiro atoms. The van der Waals surface area contributed by atoms with Gasteiger partial charge in [-0.05, 0) is 0 Å². The molecule has 1 unspecified atom stereocenters. The molecule has 0 heterocycles. The van der Waals surface area contributed by atoms with Crippen LogP contribution in [0.25, 0.3) is 0 Å². The number of quaternary nitrogens is 1. The third-order valence-electron chi connectivity index (χ3n) is 1.55. The molecule has 0 amide bonds. The van der Waals surface area contributed by atoms with Gasteiger partial charge in [0, 0.05) is 0 Å². The van der Waals surface area contributed by atoms with Crippen molar-refractivity contribution in [2.45, 2.75) is 0 Å². The molecule has 1 atom stereocenters. The summed E-state index contributed by atoms with van der Waals surface area (Å²) < 4.78 is 28.0. The second kappa shape index (κ2) is 3.74. The molecule has 0 radical (unpaired) electrons. The van der Waals surface area contributed by atoms with Crippen molar-refractivity contribution in [1.82, 2.24) is 0 Å². The van der Waals surface area contributed by atoms with Crippen molar-refractivity contribution in [3.05, 3.63) is 23.4 Å². The number of hydrogen-bond donors (Lipinski definition) is 5. The van der Waals surface area contributed by atoms with E-state index in [9.17, 15) is 8.95 Å². The first-order valence-corrected chi connectivity index (χ1v) is 6.83. The van der Waals surface area contributed by atoms with Gasteiger partial charge in [-0.25, -0.2) is 0 Å². The monoisotopic (exact) mass is 265 g/mol. The average Bonchev–Trinajstić information content (AvgIpc) is 2.02. The van der Waals surface area contributed by atoms with Crippen LogP contribution in [0.5, 0.6) is 5.75 Å². The number of nitrogens with one attached hydrogen (secondary N) is 1. The first kappa shape index (κ1) is 11.3. The van der Waals surface area contributed by atoms with E-state index in [1.165, 1.54) is 0 Å².